The van der Waals surface area contributed by atoms with Gasteiger partial charge >= 0.3 is 5.97 Å². The minimum absolute atomic E-state index is 0.0732. The van der Waals surface area contributed by atoms with E-state index < -0.39 is 17.9 Å². The highest BCUT2D eigenvalue weighted by atomic mass is 19.1. The molecule has 2 aromatic rings. The van der Waals surface area contributed by atoms with Crippen molar-refractivity contribution in [3.8, 4) is 5.75 Å². The van der Waals surface area contributed by atoms with Crippen LogP contribution in [0.2, 0.25) is 0 Å². The van der Waals surface area contributed by atoms with Gasteiger partial charge in [-0.05, 0) is 48.4 Å². The molecule has 1 amide bonds. The lowest BCUT2D eigenvalue weighted by atomic mass is 10.0. The SMILES string of the molecule is CC(Oc1ccc(NC(=O)C2C3Cc4ccccc4C32)cc1F)C(=O)O. The van der Waals surface area contributed by atoms with Crippen LogP contribution in [0.25, 0.3) is 0 Å². The van der Waals surface area contributed by atoms with E-state index in [-0.39, 0.29) is 23.5 Å². The maximum absolute atomic E-state index is 14.1. The fraction of sp³-hybridized carbons (Fsp3) is 0.300. The normalized spacial score (nSPS) is 23.5. The molecule has 0 heterocycles. The Labute approximate surface area is 149 Å². The zero-order valence-electron chi connectivity index (χ0n) is 14.1. The summed E-state index contributed by atoms with van der Waals surface area (Å²) in [5.41, 5.74) is 2.89. The van der Waals surface area contributed by atoms with Crippen LogP contribution >= 0.6 is 0 Å². The molecular weight excluding hydrogens is 337 g/mol. The number of hydrogen-bond donors (Lipinski definition) is 2. The second kappa shape index (κ2) is 6.12. The van der Waals surface area contributed by atoms with Crippen LogP contribution in [0.1, 0.15) is 24.0 Å². The summed E-state index contributed by atoms with van der Waals surface area (Å²) < 4.78 is 19.1. The van der Waals surface area contributed by atoms with Gasteiger partial charge < -0.3 is 15.2 Å². The predicted molar refractivity (Wildman–Crippen MR) is 92.6 cm³/mol. The molecule has 4 rings (SSSR count). The summed E-state index contributed by atoms with van der Waals surface area (Å²) in [4.78, 5) is 23.3. The molecule has 6 heteroatoms. The van der Waals surface area contributed by atoms with Gasteiger partial charge in [0.25, 0.3) is 0 Å². The van der Waals surface area contributed by atoms with E-state index in [4.69, 9.17) is 9.84 Å². The number of ether oxygens (including phenoxy) is 1. The van der Waals surface area contributed by atoms with Gasteiger partial charge in [-0.3, -0.25) is 4.79 Å². The van der Waals surface area contributed by atoms with E-state index in [0.717, 1.165) is 12.5 Å². The van der Waals surface area contributed by atoms with Crippen LogP contribution < -0.4 is 10.1 Å². The van der Waals surface area contributed by atoms with Gasteiger partial charge in [0.15, 0.2) is 17.7 Å². The van der Waals surface area contributed by atoms with Crippen LogP contribution in [0.5, 0.6) is 5.75 Å². The maximum Gasteiger partial charge on any atom is 0.344 e. The molecule has 0 radical (unpaired) electrons. The molecule has 5 nitrogen and oxygen atoms in total. The lowest BCUT2D eigenvalue weighted by molar-refractivity contribution is -0.144. The van der Waals surface area contributed by atoms with Gasteiger partial charge in [-0.2, -0.15) is 0 Å². The Morgan fingerprint density at radius 1 is 1.27 bits per heavy atom. The number of halogens is 1. The number of carbonyl (C=O) groups excluding carboxylic acids is 1. The average Bonchev–Trinajstić information content (AvgIpc) is 3.19. The number of aliphatic carboxylic acids is 1. The van der Waals surface area contributed by atoms with E-state index in [1.165, 1.54) is 30.2 Å². The second-order valence-electron chi connectivity index (χ2n) is 6.85. The first-order chi connectivity index (χ1) is 12.5. The Bertz CT molecular complexity index is 897. The molecule has 2 N–H and O–H groups in total. The largest absolute Gasteiger partial charge is 0.479 e. The Kier molecular flexibility index (Phi) is 3.90. The standard InChI is InChI=1S/C20H18FNO4/c1-10(20(24)25)26-16-7-6-12(9-15(16)21)22-19(23)18-14-8-11-4-2-3-5-13(11)17(14)18/h2-7,9-10,14,17-18H,8H2,1H3,(H,22,23)(H,24,25). The molecule has 2 aliphatic carbocycles. The summed E-state index contributed by atoms with van der Waals surface area (Å²) in [6.45, 7) is 1.32. The first-order valence-electron chi connectivity index (χ1n) is 8.53. The number of carboxylic acid groups (broad SMARTS) is 1. The van der Waals surface area contributed by atoms with Gasteiger partial charge in [0, 0.05) is 17.7 Å². The van der Waals surface area contributed by atoms with Crippen LogP contribution in [0.4, 0.5) is 10.1 Å². The monoisotopic (exact) mass is 355 g/mol. The third-order valence-corrected chi connectivity index (χ3v) is 5.19. The summed E-state index contributed by atoms with van der Waals surface area (Å²) >= 11 is 0. The van der Waals surface area contributed by atoms with Crippen molar-refractivity contribution >= 4 is 17.6 Å². The molecule has 0 bridgehead atoms. The molecular formula is C20H18FNO4. The predicted octanol–water partition coefficient (Wildman–Crippen LogP) is 3.20. The van der Waals surface area contributed by atoms with Crippen molar-refractivity contribution in [1.82, 2.24) is 0 Å². The number of hydrogen-bond acceptors (Lipinski definition) is 3. The number of nitrogens with one attached hydrogen (secondary N) is 1. The van der Waals surface area contributed by atoms with E-state index in [2.05, 4.69) is 17.4 Å². The summed E-state index contributed by atoms with van der Waals surface area (Å²) in [5, 5.41) is 11.6. The van der Waals surface area contributed by atoms with Gasteiger partial charge in [0.2, 0.25) is 5.91 Å². The smallest absolute Gasteiger partial charge is 0.344 e. The Balaban J connectivity index is 1.42. The Morgan fingerprint density at radius 3 is 2.77 bits per heavy atom. The Hall–Kier alpha value is -2.89. The molecule has 2 aliphatic rings. The number of anilines is 1. The first kappa shape index (κ1) is 16.6. The van der Waals surface area contributed by atoms with Crippen LogP contribution in [0.3, 0.4) is 0 Å². The highest BCUT2D eigenvalue weighted by Crippen LogP contribution is 2.61. The number of fused-ring (bicyclic) bond motifs is 3. The van der Waals surface area contributed by atoms with Crippen molar-refractivity contribution in [2.24, 2.45) is 11.8 Å². The molecule has 0 aromatic heterocycles. The van der Waals surface area contributed by atoms with Crippen LogP contribution in [0, 0.1) is 17.7 Å². The highest BCUT2D eigenvalue weighted by Gasteiger charge is 2.59. The zero-order valence-corrected chi connectivity index (χ0v) is 14.1. The Morgan fingerprint density at radius 2 is 2.04 bits per heavy atom. The quantitative estimate of drug-likeness (QED) is 0.864. The van der Waals surface area contributed by atoms with Crippen molar-refractivity contribution in [2.45, 2.75) is 25.4 Å². The molecule has 4 atom stereocenters. The molecule has 1 fully saturated rings. The number of carboxylic acids is 1. The first-order valence-corrected chi connectivity index (χ1v) is 8.53. The number of benzene rings is 2. The molecule has 0 spiro atoms. The summed E-state index contributed by atoms with van der Waals surface area (Å²) in [5.74, 6) is -1.64. The van der Waals surface area contributed by atoms with E-state index in [1.54, 1.807) is 0 Å². The third-order valence-electron chi connectivity index (χ3n) is 5.19. The van der Waals surface area contributed by atoms with Crippen molar-refractivity contribution in [1.29, 1.82) is 0 Å². The lowest BCUT2D eigenvalue weighted by Gasteiger charge is -2.13. The van der Waals surface area contributed by atoms with Crippen molar-refractivity contribution in [2.75, 3.05) is 5.32 Å². The van der Waals surface area contributed by atoms with Crippen LogP contribution in [-0.2, 0) is 16.0 Å². The fourth-order valence-electron chi connectivity index (χ4n) is 3.85. The van der Waals surface area contributed by atoms with E-state index in [0.29, 0.717) is 11.6 Å². The van der Waals surface area contributed by atoms with Crippen molar-refractivity contribution in [3.63, 3.8) is 0 Å². The fourth-order valence-corrected chi connectivity index (χ4v) is 3.85. The summed E-state index contributed by atoms with van der Waals surface area (Å²) in [6, 6.07) is 12.2. The van der Waals surface area contributed by atoms with Crippen LogP contribution in [-0.4, -0.2) is 23.1 Å². The second-order valence-corrected chi connectivity index (χ2v) is 6.85. The maximum atomic E-state index is 14.1. The minimum atomic E-state index is -1.18. The molecule has 0 saturated heterocycles. The minimum Gasteiger partial charge on any atom is -0.479 e. The number of carbonyl (C=O) groups is 2. The summed E-state index contributed by atoms with van der Waals surface area (Å²) in [7, 11) is 0. The van der Waals surface area contributed by atoms with Gasteiger partial charge in [0.05, 0.1) is 0 Å². The van der Waals surface area contributed by atoms with Crippen molar-refractivity contribution < 1.29 is 23.8 Å². The van der Waals surface area contributed by atoms with Gasteiger partial charge in [0.1, 0.15) is 0 Å². The van der Waals surface area contributed by atoms with Gasteiger partial charge in [-0.1, -0.05) is 24.3 Å². The number of amides is 1. The zero-order chi connectivity index (χ0) is 18.4. The highest BCUT2D eigenvalue weighted by molar-refractivity contribution is 5.96. The molecule has 134 valence electrons. The van der Waals surface area contributed by atoms with Gasteiger partial charge in [-0.15, -0.1) is 0 Å². The third kappa shape index (κ3) is 2.81. The lowest BCUT2D eigenvalue weighted by Crippen LogP contribution is -2.23. The average molecular weight is 355 g/mol. The number of rotatable bonds is 5. The van der Waals surface area contributed by atoms with E-state index in [9.17, 15) is 14.0 Å². The van der Waals surface area contributed by atoms with Crippen molar-refractivity contribution in [3.05, 3.63) is 59.4 Å². The van der Waals surface area contributed by atoms with Gasteiger partial charge in [-0.25, -0.2) is 9.18 Å². The molecule has 0 aliphatic heterocycles. The summed E-state index contributed by atoms with van der Waals surface area (Å²) in [6.07, 6.45) is -0.247. The van der Waals surface area contributed by atoms with Crippen LogP contribution in [0.15, 0.2) is 42.5 Å². The van der Waals surface area contributed by atoms with E-state index >= 15 is 0 Å². The molecule has 4 unspecified atom stereocenters. The topological polar surface area (TPSA) is 75.6 Å². The van der Waals surface area contributed by atoms with E-state index in [1.807, 2.05) is 12.1 Å². The molecule has 26 heavy (non-hydrogen) atoms. The molecule has 1 saturated carbocycles. The molecule has 2 aromatic carbocycles.